The molecule has 1 nitrogen and oxygen atoms in total. The largest absolute Gasteiger partial charge is 0.328 e. The molecule has 0 spiro atoms. The van der Waals surface area contributed by atoms with Crippen LogP contribution >= 0.6 is 0 Å². The summed E-state index contributed by atoms with van der Waals surface area (Å²) in [4.78, 5) is 0. The lowest BCUT2D eigenvalue weighted by Gasteiger charge is -2.00. The van der Waals surface area contributed by atoms with Gasteiger partial charge in [0, 0.05) is 18.1 Å². The lowest BCUT2D eigenvalue weighted by Crippen LogP contribution is -1.87. The molecule has 0 saturated heterocycles. The van der Waals surface area contributed by atoms with Crippen LogP contribution in [0.3, 0.4) is 0 Å². The van der Waals surface area contributed by atoms with E-state index in [2.05, 4.69) is 35.2 Å². The van der Waals surface area contributed by atoms with Gasteiger partial charge in [-0.1, -0.05) is 6.08 Å². The van der Waals surface area contributed by atoms with E-state index in [4.69, 9.17) is 0 Å². The first-order valence-electron chi connectivity index (χ1n) is 3.79. The first-order chi connectivity index (χ1) is 4.97. The van der Waals surface area contributed by atoms with Crippen molar-refractivity contribution < 1.29 is 0 Å². The lowest BCUT2D eigenvalue weighted by molar-refractivity contribution is 0.906. The molecular formula is C9H11N. The molecule has 0 atom stereocenters. The third kappa shape index (κ3) is 0.878. The van der Waals surface area contributed by atoms with Gasteiger partial charge in [-0.2, -0.15) is 0 Å². The van der Waals surface area contributed by atoms with E-state index in [1.54, 1.807) is 0 Å². The summed E-state index contributed by atoms with van der Waals surface area (Å²) >= 11 is 0. The van der Waals surface area contributed by atoms with E-state index in [0.29, 0.717) is 0 Å². The summed E-state index contributed by atoms with van der Waals surface area (Å²) in [7, 11) is 0. The van der Waals surface area contributed by atoms with Crippen molar-refractivity contribution in [3.05, 3.63) is 30.6 Å². The van der Waals surface area contributed by atoms with E-state index >= 15 is 0 Å². The third-order valence-electron chi connectivity index (χ3n) is 1.95. The molecule has 0 radical (unpaired) electrons. The average Bonchev–Trinajstić information content (AvgIpc) is 2.59. The van der Waals surface area contributed by atoms with Gasteiger partial charge in [-0.25, -0.2) is 0 Å². The number of hydrogen-bond acceptors (Lipinski definition) is 0. The maximum atomic E-state index is 2.32. The van der Waals surface area contributed by atoms with Gasteiger partial charge < -0.3 is 4.57 Å². The van der Waals surface area contributed by atoms with Crippen LogP contribution in [0.15, 0.2) is 30.6 Å². The summed E-state index contributed by atoms with van der Waals surface area (Å²) < 4.78 is 2.20. The minimum Gasteiger partial charge on any atom is -0.328 e. The van der Waals surface area contributed by atoms with E-state index < -0.39 is 0 Å². The van der Waals surface area contributed by atoms with Crippen molar-refractivity contribution >= 4 is 5.70 Å². The Labute approximate surface area is 61.0 Å². The first kappa shape index (κ1) is 5.78. The molecule has 1 aromatic heterocycles. The predicted molar refractivity (Wildman–Crippen MR) is 42.6 cm³/mol. The van der Waals surface area contributed by atoms with E-state index in [0.717, 1.165) is 0 Å². The van der Waals surface area contributed by atoms with Gasteiger partial charge in [0.15, 0.2) is 0 Å². The summed E-state index contributed by atoms with van der Waals surface area (Å²) in [5.41, 5.74) is 1.46. The summed E-state index contributed by atoms with van der Waals surface area (Å²) in [6.45, 7) is 0. The average molecular weight is 133 g/mol. The Morgan fingerprint density at radius 2 is 2.00 bits per heavy atom. The summed E-state index contributed by atoms with van der Waals surface area (Å²) in [6, 6.07) is 4.14. The molecule has 0 bridgehead atoms. The third-order valence-corrected chi connectivity index (χ3v) is 1.95. The van der Waals surface area contributed by atoms with Crippen LogP contribution in [0.5, 0.6) is 0 Å². The smallest absolute Gasteiger partial charge is 0.0180 e. The minimum atomic E-state index is 1.24. The topological polar surface area (TPSA) is 4.93 Å². The summed E-state index contributed by atoms with van der Waals surface area (Å²) in [6.07, 6.45) is 10.4. The molecule has 0 saturated carbocycles. The highest BCUT2D eigenvalue weighted by Gasteiger charge is 2.03. The quantitative estimate of drug-likeness (QED) is 0.554. The molecule has 0 aliphatic heterocycles. The molecule has 0 N–H and O–H groups in total. The van der Waals surface area contributed by atoms with E-state index in [-0.39, 0.29) is 0 Å². The highest BCUT2D eigenvalue weighted by atomic mass is 14.9. The Morgan fingerprint density at radius 3 is 2.60 bits per heavy atom. The summed E-state index contributed by atoms with van der Waals surface area (Å²) in [5, 5.41) is 0. The number of nitrogens with zero attached hydrogens (tertiary/aromatic N) is 1. The van der Waals surface area contributed by atoms with Gasteiger partial charge >= 0.3 is 0 Å². The van der Waals surface area contributed by atoms with Crippen LogP contribution in [-0.4, -0.2) is 4.57 Å². The van der Waals surface area contributed by atoms with Crippen molar-refractivity contribution in [1.29, 1.82) is 0 Å². The van der Waals surface area contributed by atoms with Crippen LogP contribution < -0.4 is 0 Å². The molecule has 0 aromatic carbocycles. The van der Waals surface area contributed by atoms with E-state index in [9.17, 15) is 0 Å². The number of hydrogen-bond donors (Lipinski definition) is 0. The fourth-order valence-corrected chi connectivity index (χ4v) is 1.41. The standard InChI is InChI=1S/C9H11N/c1-2-6-9(5-1)10-7-3-4-8-10/h3-5,7-8H,1-2,6H2. The van der Waals surface area contributed by atoms with Gasteiger partial charge in [-0.3, -0.25) is 0 Å². The van der Waals surface area contributed by atoms with E-state index in [1.165, 1.54) is 25.0 Å². The van der Waals surface area contributed by atoms with Gasteiger partial charge in [0.1, 0.15) is 0 Å². The number of aromatic nitrogens is 1. The monoisotopic (exact) mass is 133 g/mol. The molecule has 1 aromatic rings. The fraction of sp³-hybridized carbons (Fsp3) is 0.333. The zero-order chi connectivity index (χ0) is 6.81. The fourth-order valence-electron chi connectivity index (χ4n) is 1.41. The highest BCUT2D eigenvalue weighted by Crippen LogP contribution is 2.21. The lowest BCUT2D eigenvalue weighted by atomic mass is 10.3. The molecule has 0 unspecified atom stereocenters. The molecule has 2 rings (SSSR count). The molecule has 10 heavy (non-hydrogen) atoms. The molecule has 1 heterocycles. The van der Waals surface area contributed by atoms with Crippen LogP contribution in [0.25, 0.3) is 5.70 Å². The summed E-state index contributed by atoms with van der Waals surface area (Å²) in [5.74, 6) is 0. The minimum absolute atomic E-state index is 1.24. The van der Waals surface area contributed by atoms with Crippen molar-refractivity contribution in [2.45, 2.75) is 19.3 Å². The van der Waals surface area contributed by atoms with Gasteiger partial charge in [0.05, 0.1) is 0 Å². The Hall–Kier alpha value is -0.980. The van der Waals surface area contributed by atoms with Crippen molar-refractivity contribution in [2.75, 3.05) is 0 Å². The second-order valence-corrected chi connectivity index (χ2v) is 2.68. The molecule has 52 valence electrons. The van der Waals surface area contributed by atoms with Crippen molar-refractivity contribution in [2.24, 2.45) is 0 Å². The van der Waals surface area contributed by atoms with Crippen molar-refractivity contribution in [1.82, 2.24) is 4.57 Å². The molecule has 1 aliphatic rings. The SMILES string of the molecule is C1=C(n2cccc2)CCC1. The van der Waals surface area contributed by atoms with Crippen LogP contribution in [0.1, 0.15) is 19.3 Å². The zero-order valence-electron chi connectivity index (χ0n) is 5.96. The van der Waals surface area contributed by atoms with Crippen LogP contribution in [0.4, 0.5) is 0 Å². The first-order valence-corrected chi connectivity index (χ1v) is 3.79. The molecular weight excluding hydrogens is 122 g/mol. The molecule has 1 aliphatic carbocycles. The van der Waals surface area contributed by atoms with Gasteiger partial charge in [-0.15, -0.1) is 0 Å². The maximum Gasteiger partial charge on any atom is 0.0180 e. The molecule has 1 heteroatoms. The zero-order valence-corrected chi connectivity index (χ0v) is 5.96. The Morgan fingerprint density at radius 1 is 1.20 bits per heavy atom. The Balaban J connectivity index is 2.28. The van der Waals surface area contributed by atoms with Gasteiger partial charge in [0.25, 0.3) is 0 Å². The van der Waals surface area contributed by atoms with Crippen molar-refractivity contribution in [3.63, 3.8) is 0 Å². The van der Waals surface area contributed by atoms with Crippen LogP contribution in [0, 0.1) is 0 Å². The number of rotatable bonds is 1. The predicted octanol–water partition coefficient (Wildman–Crippen LogP) is 2.51. The second-order valence-electron chi connectivity index (χ2n) is 2.68. The van der Waals surface area contributed by atoms with Crippen LogP contribution in [-0.2, 0) is 0 Å². The normalized spacial score (nSPS) is 17.4. The number of allylic oxidation sites excluding steroid dienone is 2. The molecule has 0 fully saturated rings. The van der Waals surface area contributed by atoms with Crippen LogP contribution in [0.2, 0.25) is 0 Å². The van der Waals surface area contributed by atoms with Gasteiger partial charge in [-0.05, 0) is 31.4 Å². The van der Waals surface area contributed by atoms with E-state index in [1.807, 2.05) is 0 Å². The Kier molecular flexibility index (Phi) is 1.35. The Bertz CT molecular complexity index is 231. The van der Waals surface area contributed by atoms with Gasteiger partial charge in [0.2, 0.25) is 0 Å². The highest BCUT2D eigenvalue weighted by molar-refractivity contribution is 5.47. The second kappa shape index (κ2) is 2.33. The molecule has 0 amide bonds. The maximum absolute atomic E-state index is 2.32. The van der Waals surface area contributed by atoms with Crippen molar-refractivity contribution in [3.8, 4) is 0 Å².